The Labute approximate surface area is 88.8 Å². The smallest absolute Gasteiger partial charge is 0.317 e. The number of rotatable bonds is 1. The van der Waals surface area contributed by atoms with E-state index >= 15 is 0 Å². The molecule has 1 aliphatic heterocycles. The summed E-state index contributed by atoms with van der Waals surface area (Å²) in [6.45, 7) is 6.11. The summed E-state index contributed by atoms with van der Waals surface area (Å²) in [5.41, 5.74) is -0.0251. The van der Waals surface area contributed by atoms with E-state index in [0.717, 1.165) is 4.91 Å². The fourth-order valence-corrected chi connectivity index (χ4v) is 1.85. The molecule has 0 aromatic rings. The summed E-state index contributed by atoms with van der Waals surface area (Å²) in [5, 5.41) is 8.42. The molecule has 0 aromatic carbocycles. The molecule has 0 bridgehead atoms. The Morgan fingerprint density at radius 3 is 2.71 bits per heavy atom. The van der Waals surface area contributed by atoms with E-state index < -0.39 is 5.97 Å². The van der Waals surface area contributed by atoms with E-state index in [0.29, 0.717) is 6.42 Å². The minimum Gasteiger partial charge on any atom is -0.480 e. The molecular weight excluding hydrogens is 196 g/mol. The monoisotopic (exact) mass is 210 g/mol. The van der Waals surface area contributed by atoms with Crippen LogP contribution in [-0.2, 0) is 4.79 Å². The molecule has 1 unspecified atom stereocenters. The van der Waals surface area contributed by atoms with Gasteiger partial charge in [0.1, 0.15) is 5.25 Å². The Hall–Kier alpha value is -0.880. The number of hydrogen-bond donors (Lipinski definition) is 1. The van der Waals surface area contributed by atoms with E-state index in [1.54, 1.807) is 0 Å². The van der Waals surface area contributed by atoms with Crippen LogP contribution in [0.4, 0.5) is 0 Å². The molecule has 0 saturated carbocycles. The van der Waals surface area contributed by atoms with Crippen molar-refractivity contribution in [2.24, 2.45) is 5.41 Å². The number of carbonyl (C=O) groups is 1. The molecule has 1 atom stereocenters. The summed E-state index contributed by atoms with van der Waals surface area (Å²) in [4.78, 5) is 11.5. The maximum atomic E-state index is 10.6. The first kappa shape index (κ1) is 11.2. The molecular formula is C11H14O2S. The summed E-state index contributed by atoms with van der Waals surface area (Å²) < 4.78 is 0. The molecule has 76 valence electrons. The van der Waals surface area contributed by atoms with Crippen LogP contribution in [0.1, 0.15) is 27.2 Å². The molecule has 1 aliphatic rings. The van der Waals surface area contributed by atoms with E-state index in [9.17, 15) is 4.79 Å². The largest absolute Gasteiger partial charge is 0.480 e. The lowest BCUT2D eigenvalue weighted by Crippen LogP contribution is -2.12. The van der Waals surface area contributed by atoms with Crippen molar-refractivity contribution in [3.05, 3.63) is 11.0 Å². The first-order valence-corrected chi connectivity index (χ1v) is 5.39. The Bertz CT molecular complexity index is 325. The van der Waals surface area contributed by atoms with Crippen molar-refractivity contribution >= 4 is 17.7 Å². The van der Waals surface area contributed by atoms with Gasteiger partial charge in [-0.2, -0.15) is 0 Å². The fraction of sp³-hybridized carbons (Fsp3) is 0.545. The van der Waals surface area contributed by atoms with Crippen LogP contribution >= 0.6 is 11.8 Å². The summed E-state index contributed by atoms with van der Waals surface area (Å²) in [6, 6.07) is 0. The zero-order chi connectivity index (χ0) is 10.8. The lowest BCUT2D eigenvalue weighted by molar-refractivity contribution is -0.136. The van der Waals surface area contributed by atoms with Crippen LogP contribution in [0, 0.1) is 17.3 Å². The molecule has 14 heavy (non-hydrogen) atoms. The first-order valence-electron chi connectivity index (χ1n) is 4.51. The molecule has 0 saturated heterocycles. The molecule has 2 nitrogen and oxygen atoms in total. The minimum absolute atomic E-state index is 0.0251. The number of allylic oxidation sites excluding steroid dienone is 2. The SMILES string of the molecule is CC(C)(C)C#CC1=CCC(C(=O)O)S1. The molecule has 1 N–H and O–H groups in total. The summed E-state index contributed by atoms with van der Waals surface area (Å²) in [6.07, 6.45) is 2.50. The molecule has 0 radical (unpaired) electrons. The highest BCUT2D eigenvalue weighted by molar-refractivity contribution is 8.04. The standard InChI is InChI=1S/C11H14O2S/c1-11(2,3)7-6-8-4-5-9(14-8)10(12)13/h4,9H,5H2,1-3H3,(H,12,13). The van der Waals surface area contributed by atoms with Crippen LogP contribution in [-0.4, -0.2) is 16.3 Å². The van der Waals surface area contributed by atoms with Crippen LogP contribution in [0.25, 0.3) is 0 Å². The highest BCUT2D eigenvalue weighted by atomic mass is 32.2. The number of thioether (sulfide) groups is 1. The predicted molar refractivity (Wildman–Crippen MR) is 58.9 cm³/mol. The third kappa shape index (κ3) is 3.47. The van der Waals surface area contributed by atoms with E-state index in [-0.39, 0.29) is 10.7 Å². The van der Waals surface area contributed by atoms with Gasteiger partial charge in [0.05, 0.1) is 4.91 Å². The van der Waals surface area contributed by atoms with Crippen LogP contribution in [0.5, 0.6) is 0 Å². The Kier molecular flexibility index (Phi) is 3.28. The highest BCUT2D eigenvalue weighted by Gasteiger charge is 2.23. The van der Waals surface area contributed by atoms with Gasteiger partial charge in [0.25, 0.3) is 0 Å². The Morgan fingerprint density at radius 1 is 1.64 bits per heavy atom. The van der Waals surface area contributed by atoms with Gasteiger partial charge >= 0.3 is 5.97 Å². The van der Waals surface area contributed by atoms with Gasteiger partial charge in [0, 0.05) is 5.41 Å². The van der Waals surface area contributed by atoms with Gasteiger partial charge in [-0.05, 0) is 27.2 Å². The molecule has 0 amide bonds. The molecule has 0 spiro atoms. The van der Waals surface area contributed by atoms with Crippen molar-refractivity contribution in [3.8, 4) is 11.8 Å². The van der Waals surface area contributed by atoms with Crippen molar-refractivity contribution in [3.63, 3.8) is 0 Å². The van der Waals surface area contributed by atoms with Crippen LogP contribution in [0.3, 0.4) is 0 Å². The minimum atomic E-state index is -0.751. The summed E-state index contributed by atoms with van der Waals surface area (Å²) in [5.74, 6) is 5.36. The van der Waals surface area contributed by atoms with Gasteiger partial charge in [-0.15, -0.1) is 11.8 Å². The van der Waals surface area contributed by atoms with E-state index in [1.165, 1.54) is 11.8 Å². The third-order valence-corrected chi connectivity index (χ3v) is 2.82. The van der Waals surface area contributed by atoms with Crippen LogP contribution in [0.15, 0.2) is 11.0 Å². The normalized spacial score (nSPS) is 21.1. The Morgan fingerprint density at radius 2 is 2.29 bits per heavy atom. The highest BCUT2D eigenvalue weighted by Crippen LogP contribution is 2.32. The van der Waals surface area contributed by atoms with Crippen molar-refractivity contribution in [2.75, 3.05) is 0 Å². The third-order valence-electron chi connectivity index (χ3n) is 1.62. The van der Waals surface area contributed by atoms with E-state index in [2.05, 4.69) is 11.8 Å². The van der Waals surface area contributed by atoms with E-state index in [1.807, 2.05) is 26.8 Å². The number of aliphatic carboxylic acids is 1. The van der Waals surface area contributed by atoms with Crippen molar-refractivity contribution in [1.82, 2.24) is 0 Å². The van der Waals surface area contributed by atoms with Gasteiger partial charge in [-0.1, -0.05) is 17.9 Å². The van der Waals surface area contributed by atoms with E-state index in [4.69, 9.17) is 5.11 Å². The summed E-state index contributed by atoms with van der Waals surface area (Å²) in [7, 11) is 0. The van der Waals surface area contributed by atoms with Gasteiger partial charge in [0.15, 0.2) is 0 Å². The maximum absolute atomic E-state index is 10.6. The molecule has 0 aromatic heterocycles. The number of hydrogen-bond acceptors (Lipinski definition) is 2. The lowest BCUT2D eigenvalue weighted by atomic mass is 9.98. The van der Waals surface area contributed by atoms with Gasteiger partial charge in [0.2, 0.25) is 0 Å². The number of carboxylic acids is 1. The first-order chi connectivity index (χ1) is 6.38. The molecule has 3 heteroatoms. The average Bonchev–Trinajstić information content (AvgIpc) is 2.47. The number of carboxylic acid groups (broad SMARTS) is 1. The van der Waals surface area contributed by atoms with Gasteiger partial charge in [-0.25, -0.2) is 0 Å². The quantitative estimate of drug-likeness (QED) is 0.676. The second-order valence-corrected chi connectivity index (χ2v) is 5.49. The summed E-state index contributed by atoms with van der Waals surface area (Å²) >= 11 is 1.35. The zero-order valence-electron chi connectivity index (χ0n) is 8.63. The average molecular weight is 210 g/mol. The second kappa shape index (κ2) is 4.10. The van der Waals surface area contributed by atoms with Gasteiger partial charge in [-0.3, -0.25) is 4.79 Å². The Balaban J connectivity index is 2.58. The topological polar surface area (TPSA) is 37.3 Å². The molecule has 0 aliphatic carbocycles. The van der Waals surface area contributed by atoms with Crippen molar-refractivity contribution in [2.45, 2.75) is 32.4 Å². The lowest BCUT2D eigenvalue weighted by Gasteiger charge is -2.06. The molecule has 1 heterocycles. The van der Waals surface area contributed by atoms with Gasteiger partial charge < -0.3 is 5.11 Å². The second-order valence-electron chi connectivity index (χ2n) is 4.25. The molecule has 0 fully saturated rings. The van der Waals surface area contributed by atoms with Crippen LogP contribution < -0.4 is 0 Å². The molecule has 1 rings (SSSR count). The maximum Gasteiger partial charge on any atom is 0.317 e. The van der Waals surface area contributed by atoms with Crippen LogP contribution in [0.2, 0.25) is 0 Å². The fourth-order valence-electron chi connectivity index (χ4n) is 0.944. The zero-order valence-corrected chi connectivity index (χ0v) is 9.44. The van der Waals surface area contributed by atoms with Crippen molar-refractivity contribution in [1.29, 1.82) is 0 Å². The van der Waals surface area contributed by atoms with Crippen molar-refractivity contribution < 1.29 is 9.90 Å². The predicted octanol–water partition coefficient (Wildman–Crippen LogP) is 2.51.